The van der Waals surface area contributed by atoms with Gasteiger partial charge in [-0.25, -0.2) is 18.1 Å². The monoisotopic (exact) mass is 389 g/mol. The number of hydrogen-bond donors (Lipinski definition) is 2. The summed E-state index contributed by atoms with van der Waals surface area (Å²) in [5.74, 6) is 0. The highest BCUT2D eigenvalue weighted by Gasteiger charge is 2.22. The fourth-order valence-corrected chi connectivity index (χ4v) is 4.86. The van der Waals surface area contributed by atoms with Crippen LogP contribution < -0.4 is 10.0 Å². The number of halogens is 1. The van der Waals surface area contributed by atoms with Crippen molar-refractivity contribution < 1.29 is 8.42 Å². The van der Waals surface area contributed by atoms with Gasteiger partial charge in [-0.2, -0.15) is 0 Å². The van der Waals surface area contributed by atoms with E-state index < -0.39 is 10.0 Å². The normalized spacial score (nSPS) is 18.7. The number of rotatable bonds is 4. The molecule has 2 aromatic rings. The average molecular weight is 390 g/mol. The first-order valence-electron chi connectivity index (χ1n) is 7.90. The molecule has 0 radical (unpaired) electrons. The van der Waals surface area contributed by atoms with Gasteiger partial charge in [0.25, 0.3) is 0 Å². The van der Waals surface area contributed by atoms with Gasteiger partial charge in [0, 0.05) is 18.0 Å². The van der Waals surface area contributed by atoms with E-state index >= 15 is 0 Å². The smallest absolute Gasteiger partial charge is 0.240 e. The van der Waals surface area contributed by atoms with Crippen LogP contribution in [0.2, 0.25) is 0 Å². The molecule has 134 valence electrons. The molecule has 1 aromatic carbocycles. The van der Waals surface area contributed by atoms with Crippen molar-refractivity contribution in [2.75, 3.05) is 13.1 Å². The Labute approximate surface area is 153 Å². The SMILES string of the molecule is CC(C)(C)c1nc2ccc(S(=O)(=O)NCC3CCCN3)cc2s1.Cl. The molecule has 0 bridgehead atoms. The van der Waals surface area contributed by atoms with Crippen molar-refractivity contribution >= 4 is 44.0 Å². The second-order valence-electron chi connectivity index (χ2n) is 7.04. The van der Waals surface area contributed by atoms with E-state index in [0.29, 0.717) is 11.4 Å². The summed E-state index contributed by atoms with van der Waals surface area (Å²) < 4.78 is 28.6. The molecule has 1 aromatic heterocycles. The molecule has 0 spiro atoms. The first kappa shape index (κ1) is 19.6. The lowest BCUT2D eigenvalue weighted by molar-refractivity contribution is 0.552. The molecule has 1 saturated heterocycles. The Morgan fingerprint density at radius 1 is 1.38 bits per heavy atom. The van der Waals surface area contributed by atoms with Gasteiger partial charge in [0.2, 0.25) is 10.0 Å². The van der Waals surface area contributed by atoms with E-state index in [4.69, 9.17) is 0 Å². The summed E-state index contributed by atoms with van der Waals surface area (Å²) in [6.45, 7) is 7.74. The molecule has 1 fully saturated rings. The highest BCUT2D eigenvalue weighted by Crippen LogP contribution is 2.32. The second-order valence-corrected chi connectivity index (χ2v) is 9.84. The van der Waals surface area contributed by atoms with Crippen LogP contribution in [0.15, 0.2) is 23.1 Å². The number of aromatic nitrogens is 1. The highest BCUT2D eigenvalue weighted by molar-refractivity contribution is 7.89. The van der Waals surface area contributed by atoms with Gasteiger partial charge in [0.15, 0.2) is 0 Å². The van der Waals surface area contributed by atoms with E-state index in [1.807, 2.05) is 0 Å². The topological polar surface area (TPSA) is 71.1 Å². The van der Waals surface area contributed by atoms with E-state index in [-0.39, 0.29) is 23.9 Å². The Bertz CT molecular complexity index is 806. The zero-order valence-corrected chi connectivity index (χ0v) is 16.6. The number of benzene rings is 1. The minimum Gasteiger partial charge on any atom is -0.313 e. The van der Waals surface area contributed by atoms with Gasteiger partial charge in [-0.15, -0.1) is 23.7 Å². The molecule has 24 heavy (non-hydrogen) atoms. The Balaban J connectivity index is 0.00000208. The second kappa shape index (κ2) is 7.25. The van der Waals surface area contributed by atoms with Crippen molar-refractivity contribution in [2.24, 2.45) is 0 Å². The van der Waals surface area contributed by atoms with Crippen LogP contribution in [0.4, 0.5) is 0 Å². The van der Waals surface area contributed by atoms with Crippen molar-refractivity contribution in [1.82, 2.24) is 15.0 Å². The van der Waals surface area contributed by atoms with Gasteiger partial charge in [-0.1, -0.05) is 20.8 Å². The van der Waals surface area contributed by atoms with E-state index in [1.54, 1.807) is 29.5 Å². The molecule has 2 heterocycles. The molecule has 0 amide bonds. The Morgan fingerprint density at radius 3 is 2.75 bits per heavy atom. The van der Waals surface area contributed by atoms with E-state index in [9.17, 15) is 8.42 Å². The molecule has 3 rings (SSSR count). The summed E-state index contributed by atoms with van der Waals surface area (Å²) in [5, 5.41) is 4.31. The number of sulfonamides is 1. The zero-order chi connectivity index (χ0) is 16.7. The summed E-state index contributed by atoms with van der Waals surface area (Å²) in [7, 11) is -3.48. The van der Waals surface area contributed by atoms with Crippen LogP contribution in [0.25, 0.3) is 10.2 Å². The molecular formula is C16H24ClN3O2S2. The maximum atomic E-state index is 12.5. The van der Waals surface area contributed by atoms with Crippen LogP contribution in [-0.2, 0) is 15.4 Å². The number of thiazole rings is 1. The van der Waals surface area contributed by atoms with E-state index in [0.717, 1.165) is 34.6 Å². The molecule has 1 aliphatic rings. The van der Waals surface area contributed by atoms with Crippen molar-refractivity contribution in [1.29, 1.82) is 0 Å². The number of hydrogen-bond acceptors (Lipinski definition) is 5. The van der Waals surface area contributed by atoms with Crippen LogP contribution in [-0.4, -0.2) is 32.5 Å². The van der Waals surface area contributed by atoms with Gasteiger partial charge in [0.1, 0.15) is 0 Å². The summed E-state index contributed by atoms with van der Waals surface area (Å²) in [6, 6.07) is 5.40. The maximum absolute atomic E-state index is 12.5. The highest BCUT2D eigenvalue weighted by atomic mass is 35.5. The minimum absolute atomic E-state index is 0. The molecule has 1 unspecified atom stereocenters. The zero-order valence-electron chi connectivity index (χ0n) is 14.1. The predicted molar refractivity (Wildman–Crippen MR) is 102 cm³/mol. The fourth-order valence-electron chi connectivity index (χ4n) is 2.62. The molecular weight excluding hydrogens is 366 g/mol. The molecule has 1 aliphatic heterocycles. The summed E-state index contributed by atoms with van der Waals surface area (Å²) in [6.07, 6.45) is 2.13. The van der Waals surface area contributed by atoms with Crippen LogP contribution in [0, 0.1) is 0 Å². The van der Waals surface area contributed by atoms with Crippen LogP contribution in [0.3, 0.4) is 0 Å². The lowest BCUT2D eigenvalue weighted by Gasteiger charge is -2.13. The lowest BCUT2D eigenvalue weighted by atomic mass is 9.98. The first-order valence-corrected chi connectivity index (χ1v) is 10.2. The molecule has 5 nitrogen and oxygen atoms in total. The maximum Gasteiger partial charge on any atom is 0.240 e. The lowest BCUT2D eigenvalue weighted by Crippen LogP contribution is -2.37. The van der Waals surface area contributed by atoms with Crippen molar-refractivity contribution in [3.8, 4) is 0 Å². The van der Waals surface area contributed by atoms with Gasteiger partial charge < -0.3 is 5.32 Å². The predicted octanol–water partition coefficient (Wildman–Crippen LogP) is 3.05. The summed E-state index contributed by atoms with van der Waals surface area (Å²) in [5.41, 5.74) is 0.825. The van der Waals surface area contributed by atoms with Crippen LogP contribution >= 0.6 is 23.7 Å². The third-order valence-corrected chi connectivity index (χ3v) is 6.86. The average Bonchev–Trinajstić information content (AvgIpc) is 3.13. The van der Waals surface area contributed by atoms with Crippen molar-refractivity contribution in [2.45, 2.75) is 50.0 Å². The number of nitrogens with one attached hydrogen (secondary N) is 2. The Morgan fingerprint density at radius 2 is 2.12 bits per heavy atom. The van der Waals surface area contributed by atoms with Crippen molar-refractivity contribution in [3.63, 3.8) is 0 Å². The molecule has 0 aliphatic carbocycles. The fraction of sp³-hybridized carbons (Fsp3) is 0.562. The third kappa shape index (κ3) is 4.26. The van der Waals surface area contributed by atoms with E-state index in [2.05, 4.69) is 35.8 Å². The molecule has 1 atom stereocenters. The van der Waals surface area contributed by atoms with Crippen LogP contribution in [0.5, 0.6) is 0 Å². The van der Waals surface area contributed by atoms with Gasteiger partial charge in [0.05, 0.1) is 20.1 Å². The number of fused-ring (bicyclic) bond motifs is 1. The quantitative estimate of drug-likeness (QED) is 0.843. The van der Waals surface area contributed by atoms with Gasteiger partial charge >= 0.3 is 0 Å². The summed E-state index contributed by atoms with van der Waals surface area (Å²) in [4.78, 5) is 4.92. The van der Waals surface area contributed by atoms with Gasteiger partial charge in [-0.3, -0.25) is 0 Å². The van der Waals surface area contributed by atoms with Crippen LogP contribution in [0.1, 0.15) is 38.6 Å². The number of nitrogens with zero attached hydrogens (tertiary/aromatic N) is 1. The van der Waals surface area contributed by atoms with E-state index in [1.165, 1.54) is 0 Å². The van der Waals surface area contributed by atoms with Gasteiger partial charge in [-0.05, 0) is 37.6 Å². The molecule has 2 N–H and O–H groups in total. The standard InChI is InChI=1S/C16H23N3O2S2.ClH/c1-16(2,3)15-19-13-7-6-12(9-14(13)22-15)23(20,21)18-10-11-5-4-8-17-11;/h6-7,9,11,17-18H,4-5,8,10H2,1-3H3;1H. The molecule has 0 saturated carbocycles. The largest absolute Gasteiger partial charge is 0.313 e. The third-order valence-electron chi connectivity index (χ3n) is 3.99. The first-order chi connectivity index (χ1) is 10.8. The molecule has 8 heteroatoms. The Hall–Kier alpha value is -0.730. The van der Waals surface area contributed by atoms with Crippen molar-refractivity contribution in [3.05, 3.63) is 23.2 Å². The Kier molecular flexibility index (Phi) is 5.92. The summed E-state index contributed by atoms with van der Waals surface area (Å²) >= 11 is 1.56. The minimum atomic E-state index is -3.48.